The van der Waals surface area contributed by atoms with Crippen molar-refractivity contribution in [1.29, 1.82) is 0 Å². The summed E-state index contributed by atoms with van der Waals surface area (Å²) in [4.78, 5) is 2.27. The average Bonchev–Trinajstić information content (AvgIpc) is 2.70. The molecule has 16 heavy (non-hydrogen) atoms. The van der Waals surface area contributed by atoms with Crippen molar-refractivity contribution in [2.75, 3.05) is 13.1 Å². The second-order valence-electron chi connectivity index (χ2n) is 5.61. The van der Waals surface area contributed by atoms with Crippen molar-refractivity contribution < 1.29 is 10.2 Å². The minimum Gasteiger partial charge on any atom is -0.364 e. The Bertz CT molecular complexity index is 245. The van der Waals surface area contributed by atoms with Crippen molar-refractivity contribution in [3.05, 3.63) is 0 Å². The number of nitrogens with zero attached hydrogens (tertiary/aromatic N) is 1. The molecule has 2 saturated heterocycles. The third-order valence-corrected chi connectivity index (χ3v) is 4.42. The standard InChI is InChI=1S/C11H21NO2.C2H6/c1-9(2)6-8-12-7-4-5-11(9,12)10(3,13)14;1-2/h13-14H,4-8H2,1-3H3;1-2H3/t11-;/m1./s1. The largest absolute Gasteiger partial charge is 0.364 e. The Morgan fingerprint density at radius 1 is 1.06 bits per heavy atom. The van der Waals surface area contributed by atoms with E-state index in [9.17, 15) is 10.2 Å². The molecule has 2 aliphatic heterocycles. The van der Waals surface area contributed by atoms with Gasteiger partial charge in [-0.2, -0.15) is 0 Å². The molecule has 0 saturated carbocycles. The molecule has 0 bridgehead atoms. The van der Waals surface area contributed by atoms with Gasteiger partial charge in [0.2, 0.25) is 0 Å². The molecular formula is C13H27NO2. The Morgan fingerprint density at radius 3 is 2.06 bits per heavy atom. The van der Waals surface area contributed by atoms with E-state index in [1.54, 1.807) is 6.92 Å². The van der Waals surface area contributed by atoms with Crippen LogP contribution in [0.3, 0.4) is 0 Å². The van der Waals surface area contributed by atoms with E-state index < -0.39 is 11.3 Å². The van der Waals surface area contributed by atoms with Crippen LogP contribution in [-0.2, 0) is 0 Å². The van der Waals surface area contributed by atoms with Crippen LogP contribution in [0.4, 0.5) is 0 Å². The SMILES string of the molecule is CC.CC(O)(O)[C@]12CCCN1CCC2(C)C. The molecule has 0 amide bonds. The minimum absolute atomic E-state index is 0.00174. The number of fused-ring (bicyclic) bond motifs is 1. The van der Waals surface area contributed by atoms with Crippen LogP contribution >= 0.6 is 0 Å². The monoisotopic (exact) mass is 229 g/mol. The smallest absolute Gasteiger partial charge is 0.179 e. The average molecular weight is 229 g/mol. The molecule has 0 aromatic carbocycles. The second kappa shape index (κ2) is 4.28. The van der Waals surface area contributed by atoms with Crippen LogP contribution in [-0.4, -0.2) is 39.5 Å². The highest BCUT2D eigenvalue weighted by molar-refractivity contribution is 5.15. The zero-order chi connectivity index (χ0) is 12.6. The summed E-state index contributed by atoms with van der Waals surface area (Å²) in [6.07, 6.45) is 3.05. The fourth-order valence-corrected chi connectivity index (χ4v) is 3.74. The van der Waals surface area contributed by atoms with Crippen LogP contribution in [0.1, 0.15) is 53.9 Å². The molecule has 2 aliphatic rings. The lowest BCUT2D eigenvalue weighted by Gasteiger charge is -2.49. The summed E-state index contributed by atoms with van der Waals surface area (Å²) in [5.41, 5.74) is -0.415. The lowest BCUT2D eigenvalue weighted by molar-refractivity contribution is -0.245. The summed E-state index contributed by atoms with van der Waals surface area (Å²) in [7, 11) is 0. The zero-order valence-electron chi connectivity index (χ0n) is 11.4. The third-order valence-electron chi connectivity index (χ3n) is 4.42. The van der Waals surface area contributed by atoms with Crippen molar-refractivity contribution in [3.63, 3.8) is 0 Å². The fraction of sp³-hybridized carbons (Fsp3) is 1.00. The highest BCUT2D eigenvalue weighted by atomic mass is 16.5. The predicted octanol–water partition coefficient (Wildman–Crippen LogP) is 1.98. The number of hydrogen-bond acceptors (Lipinski definition) is 3. The molecule has 0 aromatic rings. The number of rotatable bonds is 1. The molecule has 3 heteroatoms. The normalized spacial score (nSPS) is 33.2. The maximum absolute atomic E-state index is 10.0. The van der Waals surface area contributed by atoms with Gasteiger partial charge in [-0.25, -0.2) is 0 Å². The Morgan fingerprint density at radius 2 is 1.62 bits per heavy atom. The number of hydrogen-bond donors (Lipinski definition) is 2. The molecule has 0 aliphatic carbocycles. The maximum Gasteiger partial charge on any atom is 0.179 e. The Balaban J connectivity index is 0.000000606. The quantitative estimate of drug-likeness (QED) is 0.676. The van der Waals surface area contributed by atoms with Gasteiger partial charge in [0.1, 0.15) is 0 Å². The van der Waals surface area contributed by atoms with Crippen LogP contribution in [0.5, 0.6) is 0 Å². The molecule has 2 fully saturated rings. The van der Waals surface area contributed by atoms with Crippen molar-refractivity contribution in [1.82, 2.24) is 4.90 Å². The summed E-state index contributed by atoms with van der Waals surface area (Å²) in [5.74, 6) is -1.58. The maximum atomic E-state index is 10.0. The fourth-order valence-electron chi connectivity index (χ4n) is 3.74. The summed E-state index contributed by atoms with van der Waals surface area (Å²) in [6, 6.07) is 0. The molecule has 0 spiro atoms. The van der Waals surface area contributed by atoms with E-state index in [2.05, 4.69) is 18.7 Å². The summed E-state index contributed by atoms with van der Waals surface area (Å²) in [5, 5.41) is 20.1. The van der Waals surface area contributed by atoms with E-state index in [0.29, 0.717) is 0 Å². The van der Waals surface area contributed by atoms with E-state index in [0.717, 1.165) is 32.4 Å². The van der Waals surface area contributed by atoms with Gasteiger partial charge < -0.3 is 10.2 Å². The second-order valence-corrected chi connectivity index (χ2v) is 5.61. The molecule has 2 N–H and O–H groups in total. The molecule has 2 heterocycles. The summed E-state index contributed by atoms with van der Waals surface area (Å²) >= 11 is 0. The Hall–Kier alpha value is -0.120. The van der Waals surface area contributed by atoms with Crippen molar-refractivity contribution in [3.8, 4) is 0 Å². The third kappa shape index (κ3) is 1.69. The molecule has 2 rings (SSSR count). The van der Waals surface area contributed by atoms with E-state index in [-0.39, 0.29) is 5.41 Å². The van der Waals surface area contributed by atoms with Crippen LogP contribution in [0, 0.1) is 5.41 Å². The van der Waals surface area contributed by atoms with Gasteiger partial charge >= 0.3 is 0 Å². The van der Waals surface area contributed by atoms with Crippen LogP contribution in [0.15, 0.2) is 0 Å². The molecule has 3 nitrogen and oxygen atoms in total. The van der Waals surface area contributed by atoms with Crippen LogP contribution < -0.4 is 0 Å². The van der Waals surface area contributed by atoms with E-state index in [4.69, 9.17) is 0 Å². The molecule has 0 radical (unpaired) electrons. The van der Waals surface area contributed by atoms with Gasteiger partial charge in [0.25, 0.3) is 0 Å². The lowest BCUT2D eigenvalue weighted by Crippen LogP contribution is -2.63. The van der Waals surface area contributed by atoms with Gasteiger partial charge in [-0.3, -0.25) is 4.90 Å². The Kier molecular flexibility index (Phi) is 3.73. The van der Waals surface area contributed by atoms with Crippen molar-refractivity contribution >= 4 is 0 Å². The van der Waals surface area contributed by atoms with Gasteiger partial charge in [-0.1, -0.05) is 27.7 Å². The highest BCUT2D eigenvalue weighted by Crippen LogP contribution is 2.55. The highest BCUT2D eigenvalue weighted by Gasteiger charge is 2.64. The molecule has 1 atom stereocenters. The summed E-state index contributed by atoms with van der Waals surface area (Å²) < 4.78 is 0. The number of aliphatic hydroxyl groups is 2. The first kappa shape index (κ1) is 13.9. The Labute approximate surface area is 99.5 Å². The molecular weight excluding hydrogens is 202 g/mol. The van der Waals surface area contributed by atoms with Crippen molar-refractivity contribution in [2.24, 2.45) is 5.41 Å². The van der Waals surface area contributed by atoms with Gasteiger partial charge in [-0.15, -0.1) is 0 Å². The van der Waals surface area contributed by atoms with E-state index in [1.165, 1.54) is 0 Å². The van der Waals surface area contributed by atoms with Gasteiger partial charge in [0.05, 0.1) is 5.54 Å². The van der Waals surface area contributed by atoms with Gasteiger partial charge in [0, 0.05) is 0 Å². The minimum atomic E-state index is -1.58. The van der Waals surface area contributed by atoms with Crippen LogP contribution in [0.2, 0.25) is 0 Å². The van der Waals surface area contributed by atoms with Crippen molar-refractivity contribution in [2.45, 2.75) is 65.2 Å². The predicted molar refractivity (Wildman–Crippen MR) is 66.1 cm³/mol. The topological polar surface area (TPSA) is 43.7 Å². The lowest BCUT2D eigenvalue weighted by atomic mass is 9.67. The first-order valence-corrected chi connectivity index (χ1v) is 6.51. The van der Waals surface area contributed by atoms with Gasteiger partial charge in [-0.05, 0) is 44.7 Å². The van der Waals surface area contributed by atoms with Gasteiger partial charge in [0.15, 0.2) is 5.79 Å². The molecule has 0 aromatic heterocycles. The van der Waals surface area contributed by atoms with E-state index >= 15 is 0 Å². The van der Waals surface area contributed by atoms with Crippen LogP contribution in [0.25, 0.3) is 0 Å². The first-order valence-electron chi connectivity index (χ1n) is 6.51. The summed E-state index contributed by atoms with van der Waals surface area (Å²) in [6.45, 7) is 11.9. The molecule has 96 valence electrons. The van der Waals surface area contributed by atoms with E-state index in [1.807, 2.05) is 13.8 Å². The zero-order valence-corrected chi connectivity index (χ0v) is 11.4. The molecule has 0 unspecified atom stereocenters. The first-order chi connectivity index (χ1) is 7.31.